The number of hydrogen-bond acceptors (Lipinski definition) is 5. The second-order valence-corrected chi connectivity index (χ2v) is 4.83. The molecule has 0 saturated heterocycles. The molecule has 1 aromatic carbocycles. The first-order chi connectivity index (χ1) is 9.63. The number of carboxylic acids is 1. The van der Waals surface area contributed by atoms with Crippen molar-refractivity contribution < 1.29 is 14.6 Å². The number of ether oxygens (including phenoxy) is 1. The van der Waals surface area contributed by atoms with Crippen molar-refractivity contribution in [2.45, 2.75) is 9.92 Å². The van der Waals surface area contributed by atoms with Gasteiger partial charge in [0.15, 0.2) is 0 Å². The fourth-order valence-corrected chi connectivity index (χ4v) is 2.35. The first-order valence-electron chi connectivity index (χ1n) is 5.59. The SMILES string of the molecule is COc1ccc(C#N)c(Sc2ccc(C(=O)O)cn2)c1. The summed E-state index contributed by atoms with van der Waals surface area (Å²) in [7, 11) is 1.55. The molecule has 0 saturated carbocycles. The number of pyridine rings is 1. The van der Waals surface area contributed by atoms with Crippen LogP contribution >= 0.6 is 11.8 Å². The summed E-state index contributed by atoms with van der Waals surface area (Å²) in [5.74, 6) is -0.373. The Morgan fingerprint density at radius 1 is 1.40 bits per heavy atom. The van der Waals surface area contributed by atoms with Gasteiger partial charge in [0.05, 0.1) is 18.2 Å². The van der Waals surface area contributed by atoms with Gasteiger partial charge in [0, 0.05) is 11.1 Å². The summed E-state index contributed by atoms with van der Waals surface area (Å²) in [5.41, 5.74) is 0.639. The predicted molar refractivity (Wildman–Crippen MR) is 73.0 cm³/mol. The van der Waals surface area contributed by atoms with Gasteiger partial charge in [-0.05, 0) is 30.3 Å². The lowest BCUT2D eigenvalue weighted by molar-refractivity contribution is 0.0696. The molecule has 0 amide bonds. The van der Waals surface area contributed by atoms with Crippen molar-refractivity contribution in [3.05, 3.63) is 47.7 Å². The molecule has 0 atom stereocenters. The molecule has 0 radical (unpaired) electrons. The molecule has 1 heterocycles. The fraction of sp³-hybridized carbons (Fsp3) is 0.0714. The topological polar surface area (TPSA) is 83.2 Å². The van der Waals surface area contributed by atoms with Gasteiger partial charge in [0.2, 0.25) is 0 Å². The van der Waals surface area contributed by atoms with Crippen LogP contribution in [0.1, 0.15) is 15.9 Å². The van der Waals surface area contributed by atoms with Gasteiger partial charge in [-0.25, -0.2) is 9.78 Å². The molecule has 1 aromatic heterocycles. The van der Waals surface area contributed by atoms with Crippen LogP contribution in [0.4, 0.5) is 0 Å². The van der Waals surface area contributed by atoms with Crippen LogP contribution in [0.5, 0.6) is 5.75 Å². The number of carboxylic acid groups (broad SMARTS) is 1. The Labute approximate surface area is 119 Å². The maximum Gasteiger partial charge on any atom is 0.337 e. The lowest BCUT2D eigenvalue weighted by atomic mass is 10.2. The lowest BCUT2D eigenvalue weighted by Gasteiger charge is -2.06. The van der Waals surface area contributed by atoms with Crippen molar-refractivity contribution in [1.82, 2.24) is 4.98 Å². The Kier molecular flexibility index (Phi) is 4.23. The Morgan fingerprint density at radius 3 is 2.75 bits per heavy atom. The van der Waals surface area contributed by atoms with Crippen molar-refractivity contribution in [1.29, 1.82) is 5.26 Å². The summed E-state index contributed by atoms with van der Waals surface area (Å²) >= 11 is 1.28. The second kappa shape index (κ2) is 6.08. The van der Waals surface area contributed by atoms with Crippen molar-refractivity contribution in [2.75, 3.05) is 7.11 Å². The van der Waals surface area contributed by atoms with Gasteiger partial charge in [-0.1, -0.05) is 11.8 Å². The summed E-state index contributed by atoms with van der Waals surface area (Å²) in [6.45, 7) is 0. The van der Waals surface area contributed by atoms with Gasteiger partial charge in [-0.3, -0.25) is 0 Å². The number of methoxy groups -OCH3 is 1. The van der Waals surface area contributed by atoms with Crippen molar-refractivity contribution in [3.63, 3.8) is 0 Å². The van der Waals surface area contributed by atoms with Crippen LogP contribution in [0.15, 0.2) is 46.5 Å². The predicted octanol–water partition coefficient (Wildman–Crippen LogP) is 2.81. The van der Waals surface area contributed by atoms with Crippen LogP contribution in [0.3, 0.4) is 0 Å². The van der Waals surface area contributed by atoms with Gasteiger partial charge >= 0.3 is 5.97 Å². The molecule has 0 spiro atoms. The van der Waals surface area contributed by atoms with Crippen LogP contribution in [0, 0.1) is 11.3 Å². The van der Waals surface area contributed by atoms with E-state index in [1.807, 2.05) is 0 Å². The van der Waals surface area contributed by atoms with E-state index in [0.29, 0.717) is 21.2 Å². The van der Waals surface area contributed by atoms with Gasteiger partial charge in [-0.2, -0.15) is 5.26 Å². The molecule has 0 aliphatic carbocycles. The molecule has 1 N–H and O–H groups in total. The minimum atomic E-state index is -1.02. The molecule has 0 aliphatic rings. The van der Waals surface area contributed by atoms with Crippen molar-refractivity contribution in [3.8, 4) is 11.8 Å². The number of rotatable bonds is 4. The molecule has 5 nitrogen and oxygen atoms in total. The van der Waals surface area contributed by atoms with Crippen LogP contribution in [0.25, 0.3) is 0 Å². The highest BCUT2D eigenvalue weighted by Crippen LogP contribution is 2.31. The quantitative estimate of drug-likeness (QED) is 0.930. The normalized spacial score (nSPS) is 9.80. The monoisotopic (exact) mass is 286 g/mol. The summed E-state index contributed by atoms with van der Waals surface area (Å²) in [6, 6.07) is 10.3. The Bertz CT molecular complexity index is 678. The highest BCUT2D eigenvalue weighted by atomic mass is 32.2. The minimum absolute atomic E-state index is 0.125. The molecule has 0 aliphatic heterocycles. The van der Waals surface area contributed by atoms with E-state index in [1.54, 1.807) is 31.4 Å². The van der Waals surface area contributed by atoms with Gasteiger partial charge < -0.3 is 9.84 Å². The Hall–Kier alpha value is -2.52. The Balaban J connectivity index is 2.29. The number of aromatic nitrogens is 1. The fourth-order valence-electron chi connectivity index (χ4n) is 1.49. The zero-order valence-electron chi connectivity index (χ0n) is 10.5. The van der Waals surface area contributed by atoms with E-state index in [1.165, 1.54) is 24.0 Å². The zero-order chi connectivity index (χ0) is 14.5. The number of nitrogens with zero attached hydrogens (tertiary/aromatic N) is 2. The highest BCUT2D eigenvalue weighted by molar-refractivity contribution is 7.99. The second-order valence-electron chi connectivity index (χ2n) is 3.77. The third kappa shape index (κ3) is 3.08. The molecule has 2 aromatic rings. The molecule has 2 rings (SSSR count). The van der Waals surface area contributed by atoms with E-state index in [0.717, 1.165) is 0 Å². The van der Waals surface area contributed by atoms with E-state index in [2.05, 4.69) is 11.1 Å². The van der Waals surface area contributed by atoms with E-state index >= 15 is 0 Å². The minimum Gasteiger partial charge on any atom is -0.497 e. The summed E-state index contributed by atoms with van der Waals surface area (Å²) in [6.07, 6.45) is 1.29. The van der Waals surface area contributed by atoms with Crippen LogP contribution in [-0.4, -0.2) is 23.2 Å². The van der Waals surface area contributed by atoms with Crippen LogP contribution < -0.4 is 4.74 Å². The first-order valence-corrected chi connectivity index (χ1v) is 6.41. The molecule has 20 heavy (non-hydrogen) atoms. The van der Waals surface area contributed by atoms with Gasteiger partial charge in [0.25, 0.3) is 0 Å². The van der Waals surface area contributed by atoms with E-state index in [-0.39, 0.29) is 5.56 Å². The van der Waals surface area contributed by atoms with E-state index in [4.69, 9.17) is 15.1 Å². The molecule has 100 valence electrons. The van der Waals surface area contributed by atoms with E-state index < -0.39 is 5.97 Å². The number of carbonyl (C=O) groups is 1. The molecule has 6 heteroatoms. The third-order valence-electron chi connectivity index (χ3n) is 2.51. The maximum absolute atomic E-state index is 10.7. The first kappa shape index (κ1) is 13.9. The van der Waals surface area contributed by atoms with Crippen LogP contribution in [0.2, 0.25) is 0 Å². The largest absolute Gasteiger partial charge is 0.497 e. The summed E-state index contributed by atoms with van der Waals surface area (Å²) in [5, 5.41) is 18.5. The number of aromatic carboxylic acids is 1. The molecule has 0 bridgehead atoms. The molecule has 0 unspecified atom stereocenters. The van der Waals surface area contributed by atoms with Gasteiger partial charge in [-0.15, -0.1) is 0 Å². The summed E-state index contributed by atoms with van der Waals surface area (Å²) < 4.78 is 5.12. The number of nitriles is 1. The number of hydrogen-bond donors (Lipinski definition) is 1. The van der Waals surface area contributed by atoms with Crippen molar-refractivity contribution >= 4 is 17.7 Å². The van der Waals surface area contributed by atoms with Crippen molar-refractivity contribution in [2.24, 2.45) is 0 Å². The molecular formula is C14H10N2O3S. The average Bonchev–Trinajstić information content (AvgIpc) is 2.47. The van der Waals surface area contributed by atoms with Gasteiger partial charge in [0.1, 0.15) is 16.8 Å². The summed E-state index contributed by atoms with van der Waals surface area (Å²) in [4.78, 5) is 15.5. The van der Waals surface area contributed by atoms with Crippen LogP contribution in [-0.2, 0) is 0 Å². The smallest absolute Gasteiger partial charge is 0.337 e. The average molecular weight is 286 g/mol. The van der Waals surface area contributed by atoms with E-state index in [9.17, 15) is 4.79 Å². The lowest BCUT2D eigenvalue weighted by Crippen LogP contribution is -1.96. The Morgan fingerprint density at radius 2 is 2.20 bits per heavy atom. The third-order valence-corrected chi connectivity index (χ3v) is 3.52. The highest BCUT2D eigenvalue weighted by Gasteiger charge is 2.08. The molecular weight excluding hydrogens is 276 g/mol. The molecule has 0 fully saturated rings. The number of benzene rings is 1. The standard InChI is InChI=1S/C14H10N2O3S/c1-19-11-4-2-9(7-15)12(6-11)20-13-5-3-10(8-16-13)14(17)18/h2-6,8H,1H3,(H,17,18). The zero-order valence-corrected chi connectivity index (χ0v) is 11.3. The maximum atomic E-state index is 10.7.